The molecule has 0 bridgehead atoms. The van der Waals surface area contributed by atoms with Crippen LogP contribution in [0.4, 0.5) is 0 Å². The number of amides is 3. The number of rotatable bonds is 6. The molecular weight excluding hydrogens is 270 g/mol. The van der Waals surface area contributed by atoms with Crippen molar-refractivity contribution in [3.8, 4) is 0 Å². The summed E-state index contributed by atoms with van der Waals surface area (Å²) in [5.41, 5.74) is 1.15. The van der Waals surface area contributed by atoms with Crippen LogP contribution >= 0.6 is 0 Å². The SMILES string of the molecule is O=C(CNC(=O)[C@@H]1CCC(=O)N1)NCCc1ccccc1. The smallest absolute Gasteiger partial charge is 0.243 e. The quantitative estimate of drug-likeness (QED) is 0.674. The second-order valence-corrected chi connectivity index (χ2v) is 4.96. The largest absolute Gasteiger partial charge is 0.354 e. The third-order valence-electron chi connectivity index (χ3n) is 3.31. The molecule has 1 aromatic carbocycles. The molecule has 3 N–H and O–H groups in total. The van der Waals surface area contributed by atoms with Crippen LogP contribution in [-0.4, -0.2) is 36.9 Å². The van der Waals surface area contributed by atoms with Gasteiger partial charge in [0.2, 0.25) is 17.7 Å². The summed E-state index contributed by atoms with van der Waals surface area (Å²) in [6.07, 6.45) is 1.60. The fraction of sp³-hybridized carbons (Fsp3) is 0.400. The summed E-state index contributed by atoms with van der Waals surface area (Å²) >= 11 is 0. The van der Waals surface area contributed by atoms with E-state index in [2.05, 4.69) is 16.0 Å². The fourth-order valence-corrected chi connectivity index (χ4v) is 2.15. The van der Waals surface area contributed by atoms with E-state index < -0.39 is 6.04 Å². The molecule has 21 heavy (non-hydrogen) atoms. The van der Waals surface area contributed by atoms with E-state index in [1.54, 1.807) is 0 Å². The zero-order chi connectivity index (χ0) is 15.1. The van der Waals surface area contributed by atoms with Crippen molar-refractivity contribution in [2.75, 3.05) is 13.1 Å². The summed E-state index contributed by atoms with van der Waals surface area (Å²) in [5, 5.41) is 7.83. The monoisotopic (exact) mass is 289 g/mol. The Morgan fingerprint density at radius 2 is 1.95 bits per heavy atom. The number of carbonyl (C=O) groups excluding carboxylic acids is 3. The van der Waals surface area contributed by atoms with E-state index in [4.69, 9.17) is 0 Å². The van der Waals surface area contributed by atoms with Crippen LogP contribution in [0.15, 0.2) is 30.3 Å². The molecule has 0 spiro atoms. The Balaban J connectivity index is 1.61. The predicted octanol–water partition coefficient (Wildman–Crippen LogP) is -0.260. The first-order valence-electron chi connectivity index (χ1n) is 7.03. The van der Waals surface area contributed by atoms with Gasteiger partial charge in [0.25, 0.3) is 0 Å². The van der Waals surface area contributed by atoms with Crippen molar-refractivity contribution >= 4 is 17.7 Å². The molecule has 1 heterocycles. The molecule has 6 nitrogen and oxygen atoms in total. The molecule has 0 aliphatic carbocycles. The normalized spacial score (nSPS) is 17.1. The van der Waals surface area contributed by atoms with Gasteiger partial charge in [0.15, 0.2) is 0 Å². The van der Waals surface area contributed by atoms with Crippen LogP contribution in [0.5, 0.6) is 0 Å². The molecule has 1 saturated heterocycles. The summed E-state index contributed by atoms with van der Waals surface area (Å²) in [4.78, 5) is 34.3. The lowest BCUT2D eigenvalue weighted by Gasteiger charge is -2.11. The van der Waals surface area contributed by atoms with E-state index in [1.807, 2.05) is 30.3 Å². The van der Waals surface area contributed by atoms with Gasteiger partial charge in [0.1, 0.15) is 6.04 Å². The van der Waals surface area contributed by atoms with Crippen LogP contribution in [-0.2, 0) is 20.8 Å². The van der Waals surface area contributed by atoms with Crippen molar-refractivity contribution < 1.29 is 14.4 Å². The summed E-state index contributed by atoms with van der Waals surface area (Å²) in [6.45, 7) is 0.457. The molecule has 0 radical (unpaired) electrons. The number of carbonyl (C=O) groups is 3. The van der Waals surface area contributed by atoms with Crippen LogP contribution < -0.4 is 16.0 Å². The Kier molecular flexibility index (Phi) is 5.31. The maximum Gasteiger partial charge on any atom is 0.243 e. The lowest BCUT2D eigenvalue weighted by Crippen LogP contribution is -2.45. The third-order valence-corrected chi connectivity index (χ3v) is 3.31. The maximum atomic E-state index is 11.7. The second kappa shape index (κ2) is 7.42. The molecule has 1 aliphatic rings. The van der Waals surface area contributed by atoms with E-state index in [1.165, 1.54) is 0 Å². The van der Waals surface area contributed by atoms with Crippen molar-refractivity contribution in [2.45, 2.75) is 25.3 Å². The van der Waals surface area contributed by atoms with Gasteiger partial charge in [0.05, 0.1) is 6.54 Å². The van der Waals surface area contributed by atoms with Crippen LogP contribution in [0.25, 0.3) is 0 Å². The molecule has 1 aromatic rings. The van der Waals surface area contributed by atoms with Gasteiger partial charge in [-0.25, -0.2) is 0 Å². The lowest BCUT2D eigenvalue weighted by atomic mass is 10.1. The van der Waals surface area contributed by atoms with Crippen molar-refractivity contribution in [2.24, 2.45) is 0 Å². The number of hydrogen-bond acceptors (Lipinski definition) is 3. The summed E-state index contributed by atoms with van der Waals surface area (Å²) < 4.78 is 0. The summed E-state index contributed by atoms with van der Waals surface area (Å²) in [7, 11) is 0. The standard InChI is InChI=1S/C15H19N3O3/c19-13-7-6-12(18-13)15(21)17-10-14(20)16-9-8-11-4-2-1-3-5-11/h1-5,12H,6-10H2,(H,16,20)(H,17,21)(H,18,19)/t12-/m0/s1. The highest BCUT2D eigenvalue weighted by atomic mass is 16.2. The Bertz CT molecular complexity index is 516. The van der Waals surface area contributed by atoms with E-state index >= 15 is 0 Å². The Labute approximate surface area is 123 Å². The minimum atomic E-state index is -0.505. The minimum absolute atomic E-state index is 0.0695. The topological polar surface area (TPSA) is 87.3 Å². The molecule has 3 amide bonds. The van der Waals surface area contributed by atoms with Crippen LogP contribution in [0, 0.1) is 0 Å². The Hall–Kier alpha value is -2.37. The molecule has 2 rings (SSSR count). The molecule has 0 aromatic heterocycles. The number of hydrogen-bond donors (Lipinski definition) is 3. The average Bonchev–Trinajstić information content (AvgIpc) is 2.92. The first kappa shape index (κ1) is 15.0. The summed E-state index contributed by atoms with van der Waals surface area (Å²) in [6, 6.07) is 9.34. The van der Waals surface area contributed by atoms with Gasteiger partial charge in [-0.15, -0.1) is 0 Å². The van der Waals surface area contributed by atoms with E-state index in [9.17, 15) is 14.4 Å². The minimum Gasteiger partial charge on any atom is -0.354 e. The second-order valence-electron chi connectivity index (χ2n) is 4.96. The molecular formula is C15H19N3O3. The lowest BCUT2D eigenvalue weighted by molar-refractivity contribution is -0.128. The molecule has 1 atom stereocenters. The third kappa shape index (κ3) is 4.91. The first-order valence-corrected chi connectivity index (χ1v) is 7.03. The van der Waals surface area contributed by atoms with Gasteiger partial charge >= 0.3 is 0 Å². The van der Waals surface area contributed by atoms with E-state index in [0.29, 0.717) is 19.4 Å². The van der Waals surface area contributed by atoms with Crippen LogP contribution in [0.3, 0.4) is 0 Å². The zero-order valence-corrected chi connectivity index (χ0v) is 11.7. The van der Waals surface area contributed by atoms with E-state index in [0.717, 1.165) is 12.0 Å². The van der Waals surface area contributed by atoms with E-state index in [-0.39, 0.29) is 24.3 Å². The highest BCUT2D eigenvalue weighted by Crippen LogP contribution is 2.05. The number of benzene rings is 1. The predicted molar refractivity (Wildman–Crippen MR) is 77.3 cm³/mol. The van der Waals surface area contributed by atoms with Crippen molar-refractivity contribution in [3.63, 3.8) is 0 Å². The van der Waals surface area contributed by atoms with Crippen molar-refractivity contribution in [1.82, 2.24) is 16.0 Å². The Morgan fingerprint density at radius 1 is 1.19 bits per heavy atom. The van der Waals surface area contributed by atoms with Crippen LogP contribution in [0.1, 0.15) is 18.4 Å². The van der Waals surface area contributed by atoms with Gasteiger partial charge in [0, 0.05) is 13.0 Å². The highest BCUT2D eigenvalue weighted by Gasteiger charge is 2.27. The fourth-order valence-electron chi connectivity index (χ4n) is 2.15. The first-order chi connectivity index (χ1) is 10.1. The van der Waals surface area contributed by atoms with Gasteiger partial charge in [-0.3, -0.25) is 14.4 Å². The van der Waals surface area contributed by atoms with Gasteiger partial charge in [-0.2, -0.15) is 0 Å². The van der Waals surface area contributed by atoms with Gasteiger partial charge < -0.3 is 16.0 Å². The molecule has 6 heteroatoms. The van der Waals surface area contributed by atoms with Gasteiger partial charge in [-0.1, -0.05) is 30.3 Å². The van der Waals surface area contributed by atoms with Crippen LogP contribution in [0.2, 0.25) is 0 Å². The van der Waals surface area contributed by atoms with Crippen molar-refractivity contribution in [3.05, 3.63) is 35.9 Å². The zero-order valence-electron chi connectivity index (χ0n) is 11.7. The Morgan fingerprint density at radius 3 is 2.62 bits per heavy atom. The maximum absolute atomic E-state index is 11.7. The molecule has 0 unspecified atom stereocenters. The van der Waals surface area contributed by atoms with Crippen molar-refractivity contribution in [1.29, 1.82) is 0 Å². The van der Waals surface area contributed by atoms with Gasteiger partial charge in [-0.05, 0) is 18.4 Å². The highest BCUT2D eigenvalue weighted by molar-refractivity contribution is 5.92. The summed E-state index contributed by atoms with van der Waals surface area (Å²) in [5.74, 6) is -0.662. The molecule has 0 saturated carbocycles. The molecule has 112 valence electrons. The molecule has 1 fully saturated rings. The molecule has 1 aliphatic heterocycles. The number of nitrogens with one attached hydrogen (secondary N) is 3. The average molecular weight is 289 g/mol.